The van der Waals surface area contributed by atoms with Gasteiger partial charge in [-0.3, -0.25) is 10.2 Å². The molecule has 1 aliphatic rings. The van der Waals surface area contributed by atoms with Crippen LogP contribution in [0.3, 0.4) is 0 Å². The van der Waals surface area contributed by atoms with Gasteiger partial charge in [0.05, 0.1) is 12.6 Å². The molecule has 1 unspecified atom stereocenters. The Kier molecular flexibility index (Phi) is 5.00. The van der Waals surface area contributed by atoms with E-state index in [1.54, 1.807) is 6.92 Å². The van der Waals surface area contributed by atoms with E-state index in [0.717, 1.165) is 19.3 Å². The highest BCUT2D eigenvalue weighted by Gasteiger charge is 2.41. The first-order chi connectivity index (χ1) is 8.29. The molecule has 1 aliphatic carbocycles. The van der Waals surface area contributed by atoms with Crippen LogP contribution in [0.2, 0.25) is 0 Å². The molecule has 0 amide bonds. The van der Waals surface area contributed by atoms with Gasteiger partial charge in [-0.1, -0.05) is 6.92 Å². The Bertz CT molecular complexity index is 307. The third-order valence-corrected chi connectivity index (χ3v) is 2.98. The maximum atomic E-state index is 12.5. The van der Waals surface area contributed by atoms with Gasteiger partial charge in [-0.2, -0.15) is 18.4 Å². The summed E-state index contributed by atoms with van der Waals surface area (Å²) in [5.74, 6) is 0. The number of halogens is 3. The van der Waals surface area contributed by atoms with Gasteiger partial charge in [0.1, 0.15) is 5.54 Å². The number of rotatable bonds is 7. The summed E-state index contributed by atoms with van der Waals surface area (Å²) in [6.07, 6.45) is -1.76. The first-order valence-corrected chi connectivity index (χ1v) is 6.27. The fourth-order valence-electron chi connectivity index (χ4n) is 1.92. The number of nitriles is 1. The molecule has 1 rings (SSSR count). The van der Waals surface area contributed by atoms with Crippen molar-refractivity contribution in [3.63, 3.8) is 0 Å². The van der Waals surface area contributed by atoms with Crippen LogP contribution in [0.4, 0.5) is 13.2 Å². The van der Waals surface area contributed by atoms with E-state index >= 15 is 0 Å². The van der Waals surface area contributed by atoms with Gasteiger partial charge in [-0.25, -0.2) is 0 Å². The summed E-state index contributed by atoms with van der Waals surface area (Å²) in [5, 5.41) is 12.2. The topological polar surface area (TPSA) is 39.1 Å². The predicted molar refractivity (Wildman–Crippen MR) is 63.0 cm³/mol. The third kappa shape index (κ3) is 5.23. The van der Waals surface area contributed by atoms with Gasteiger partial charge in [-0.15, -0.1) is 0 Å². The second kappa shape index (κ2) is 5.89. The Balaban J connectivity index is 2.61. The van der Waals surface area contributed by atoms with Crippen molar-refractivity contribution in [3.05, 3.63) is 0 Å². The Morgan fingerprint density at radius 2 is 1.94 bits per heavy atom. The van der Waals surface area contributed by atoms with E-state index < -0.39 is 18.3 Å². The molecule has 1 N–H and O–H groups in total. The fourth-order valence-corrected chi connectivity index (χ4v) is 1.92. The van der Waals surface area contributed by atoms with Crippen LogP contribution >= 0.6 is 0 Å². The van der Waals surface area contributed by atoms with Gasteiger partial charge in [0.25, 0.3) is 0 Å². The van der Waals surface area contributed by atoms with Gasteiger partial charge in [0.2, 0.25) is 0 Å². The molecule has 0 spiro atoms. The summed E-state index contributed by atoms with van der Waals surface area (Å²) in [4.78, 5) is 1.38. The molecular weight excluding hydrogens is 243 g/mol. The molecule has 0 bridgehead atoms. The van der Waals surface area contributed by atoms with Crippen LogP contribution in [-0.2, 0) is 0 Å². The Morgan fingerprint density at radius 3 is 2.33 bits per heavy atom. The molecule has 0 aromatic heterocycles. The summed E-state index contributed by atoms with van der Waals surface area (Å²) in [6.45, 7) is 3.44. The molecule has 0 aliphatic heterocycles. The fraction of sp³-hybridized carbons (Fsp3) is 0.917. The number of alkyl halides is 3. The van der Waals surface area contributed by atoms with Gasteiger partial charge >= 0.3 is 6.18 Å². The van der Waals surface area contributed by atoms with Crippen molar-refractivity contribution in [1.29, 1.82) is 5.26 Å². The van der Waals surface area contributed by atoms with Crippen LogP contribution < -0.4 is 5.32 Å². The van der Waals surface area contributed by atoms with E-state index in [4.69, 9.17) is 5.26 Å². The van der Waals surface area contributed by atoms with Crippen LogP contribution in [0.15, 0.2) is 0 Å². The molecule has 3 nitrogen and oxygen atoms in total. The molecule has 1 saturated carbocycles. The molecule has 0 aromatic carbocycles. The highest BCUT2D eigenvalue weighted by Crippen LogP contribution is 2.31. The third-order valence-electron chi connectivity index (χ3n) is 2.98. The van der Waals surface area contributed by atoms with Crippen molar-refractivity contribution in [2.75, 3.05) is 19.6 Å². The molecule has 6 heteroatoms. The molecule has 104 valence electrons. The van der Waals surface area contributed by atoms with E-state index in [9.17, 15) is 13.2 Å². The number of hydrogen-bond acceptors (Lipinski definition) is 3. The van der Waals surface area contributed by atoms with Crippen LogP contribution in [0.25, 0.3) is 0 Å². The Morgan fingerprint density at radius 1 is 1.33 bits per heavy atom. The lowest BCUT2D eigenvalue weighted by Crippen LogP contribution is -2.53. The van der Waals surface area contributed by atoms with Crippen molar-refractivity contribution >= 4 is 0 Å². The molecular formula is C12H20F3N3. The normalized spacial score (nSPS) is 19.6. The highest BCUT2D eigenvalue weighted by atomic mass is 19.4. The second-order valence-corrected chi connectivity index (χ2v) is 5.12. The maximum absolute atomic E-state index is 12.5. The van der Waals surface area contributed by atoms with E-state index in [-0.39, 0.29) is 12.6 Å². The van der Waals surface area contributed by atoms with E-state index in [1.165, 1.54) is 4.90 Å². The minimum absolute atomic E-state index is 0.0114. The van der Waals surface area contributed by atoms with E-state index in [1.807, 2.05) is 6.92 Å². The average molecular weight is 263 g/mol. The number of nitrogens with zero attached hydrogens (tertiary/aromatic N) is 2. The zero-order chi connectivity index (χ0) is 13.8. The van der Waals surface area contributed by atoms with E-state index in [0.29, 0.717) is 6.54 Å². The molecule has 1 fully saturated rings. The zero-order valence-corrected chi connectivity index (χ0v) is 10.8. The van der Waals surface area contributed by atoms with Crippen molar-refractivity contribution < 1.29 is 13.2 Å². The first-order valence-electron chi connectivity index (χ1n) is 6.27. The van der Waals surface area contributed by atoms with Crippen LogP contribution in [0.5, 0.6) is 0 Å². The number of hydrogen-bond donors (Lipinski definition) is 1. The Labute approximate surface area is 106 Å². The molecule has 0 radical (unpaired) electrons. The standard InChI is InChI=1S/C12H20F3N3/c1-3-6-17-11(2,7-16)8-18(10-4-5-10)9-12(13,14)15/h10,17H,3-6,8-9H2,1-2H3. The first kappa shape index (κ1) is 15.3. The van der Waals surface area contributed by atoms with Crippen LogP contribution in [-0.4, -0.2) is 42.3 Å². The predicted octanol–water partition coefficient (Wildman–Crippen LogP) is 2.29. The highest BCUT2D eigenvalue weighted by molar-refractivity contribution is 5.07. The van der Waals surface area contributed by atoms with Gasteiger partial charge < -0.3 is 0 Å². The van der Waals surface area contributed by atoms with E-state index in [2.05, 4.69) is 11.4 Å². The summed E-state index contributed by atoms with van der Waals surface area (Å²) in [5.41, 5.74) is -0.913. The summed E-state index contributed by atoms with van der Waals surface area (Å²) in [7, 11) is 0. The maximum Gasteiger partial charge on any atom is 0.401 e. The molecule has 1 atom stereocenters. The van der Waals surface area contributed by atoms with Crippen molar-refractivity contribution in [3.8, 4) is 6.07 Å². The molecule has 18 heavy (non-hydrogen) atoms. The monoisotopic (exact) mass is 263 g/mol. The van der Waals surface area contributed by atoms with Crippen LogP contribution in [0.1, 0.15) is 33.1 Å². The lowest BCUT2D eigenvalue weighted by Gasteiger charge is -2.32. The minimum atomic E-state index is -4.20. The van der Waals surface area contributed by atoms with Gasteiger partial charge in [0, 0.05) is 12.6 Å². The average Bonchev–Trinajstić information content (AvgIpc) is 3.07. The zero-order valence-electron chi connectivity index (χ0n) is 10.8. The summed E-state index contributed by atoms with van der Waals surface area (Å²) < 4.78 is 37.4. The van der Waals surface area contributed by atoms with Crippen molar-refractivity contribution in [2.45, 2.75) is 50.9 Å². The lowest BCUT2D eigenvalue weighted by atomic mass is 10.0. The van der Waals surface area contributed by atoms with Gasteiger partial charge in [-0.05, 0) is 32.7 Å². The quantitative estimate of drug-likeness (QED) is 0.766. The summed E-state index contributed by atoms with van der Waals surface area (Å²) in [6, 6.07) is 2.08. The molecule has 0 heterocycles. The Hall–Kier alpha value is -0.800. The molecule has 0 aromatic rings. The summed E-state index contributed by atoms with van der Waals surface area (Å²) >= 11 is 0. The largest absolute Gasteiger partial charge is 0.401 e. The van der Waals surface area contributed by atoms with Crippen molar-refractivity contribution in [2.24, 2.45) is 0 Å². The number of nitrogens with one attached hydrogen (secondary N) is 1. The van der Waals surface area contributed by atoms with Gasteiger partial charge in [0.15, 0.2) is 0 Å². The smallest absolute Gasteiger partial charge is 0.299 e. The second-order valence-electron chi connectivity index (χ2n) is 5.12. The minimum Gasteiger partial charge on any atom is -0.299 e. The van der Waals surface area contributed by atoms with Crippen molar-refractivity contribution in [1.82, 2.24) is 10.2 Å². The molecule has 0 saturated heterocycles. The SMILES string of the molecule is CCCNC(C)(C#N)CN(CC(F)(F)F)C1CC1. The van der Waals surface area contributed by atoms with Crippen LogP contribution in [0, 0.1) is 11.3 Å². The lowest BCUT2D eigenvalue weighted by molar-refractivity contribution is -0.148.